The van der Waals surface area contributed by atoms with E-state index in [9.17, 15) is 0 Å². The van der Waals surface area contributed by atoms with Crippen LogP contribution < -0.4 is 10.1 Å². The van der Waals surface area contributed by atoms with E-state index in [2.05, 4.69) is 29.5 Å². The number of aryl methyl sites for hydroxylation is 1. The van der Waals surface area contributed by atoms with Crippen molar-refractivity contribution in [3.05, 3.63) is 47.8 Å². The number of hydrogen-bond acceptors (Lipinski definition) is 3. The van der Waals surface area contributed by atoms with E-state index in [1.54, 1.807) is 0 Å². The van der Waals surface area contributed by atoms with Crippen LogP contribution in [-0.2, 0) is 7.05 Å². The fraction of sp³-hybridized carbons (Fsp3) is 0.357. The van der Waals surface area contributed by atoms with Gasteiger partial charge in [0.1, 0.15) is 12.4 Å². The first-order valence-electron chi connectivity index (χ1n) is 6.20. The summed E-state index contributed by atoms with van der Waals surface area (Å²) >= 11 is 0. The lowest BCUT2D eigenvalue weighted by Gasteiger charge is -2.17. The van der Waals surface area contributed by atoms with Crippen LogP contribution in [-0.4, -0.2) is 16.4 Å². The lowest BCUT2D eigenvalue weighted by molar-refractivity contribution is 0.301. The summed E-state index contributed by atoms with van der Waals surface area (Å²) in [6, 6.07) is 8.72. The van der Waals surface area contributed by atoms with Crippen LogP contribution in [0.5, 0.6) is 5.75 Å². The van der Waals surface area contributed by atoms with Crippen molar-refractivity contribution < 1.29 is 4.74 Å². The van der Waals surface area contributed by atoms with Crippen LogP contribution in [0.4, 0.5) is 0 Å². The average Bonchev–Trinajstić information content (AvgIpc) is 2.97. The monoisotopic (exact) mass is 243 g/mol. The van der Waals surface area contributed by atoms with Crippen molar-refractivity contribution in [3.63, 3.8) is 0 Å². The van der Waals surface area contributed by atoms with Gasteiger partial charge >= 0.3 is 0 Å². The van der Waals surface area contributed by atoms with Crippen molar-refractivity contribution >= 4 is 0 Å². The van der Waals surface area contributed by atoms with E-state index in [0.717, 1.165) is 5.75 Å². The predicted octanol–water partition coefficient (Wildman–Crippen LogP) is 2.20. The maximum atomic E-state index is 5.67. The van der Waals surface area contributed by atoms with Gasteiger partial charge in [-0.2, -0.15) is 5.10 Å². The zero-order chi connectivity index (χ0) is 12.5. The van der Waals surface area contributed by atoms with Crippen LogP contribution in [0.25, 0.3) is 0 Å². The zero-order valence-corrected chi connectivity index (χ0v) is 10.6. The van der Waals surface area contributed by atoms with Crippen molar-refractivity contribution in [1.82, 2.24) is 15.1 Å². The highest BCUT2D eigenvalue weighted by Crippen LogP contribution is 2.33. The Bertz CT molecular complexity index is 549. The molecule has 1 N–H and O–H groups in total. The molecule has 0 radical (unpaired) electrons. The molecule has 0 aliphatic carbocycles. The number of fused-ring (bicyclic) bond motifs is 1. The quantitative estimate of drug-likeness (QED) is 0.898. The topological polar surface area (TPSA) is 39.1 Å². The van der Waals surface area contributed by atoms with Crippen molar-refractivity contribution in [2.45, 2.75) is 19.0 Å². The van der Waals surface area contributed by atoms with Gasteiger partial charge in [0.2, 0.25) is 0 Å². The highest BCUT2D eigenvalue weighted by atomic mass is 16.5. The first-order valence-corrected chi connectivity index (χ1v) is 6.20. The normalized spacial score (nSPS) is 19.3. The minimum atomic E-state index is 0.261. The Morgan fingerprint density at radius 1 is 1.44 bits per heavy atom. The van der Waals surface area contributed by atoms with Crippen LogP contribution in [0, 0.1) is 0 Å². The molecule has 0 spiro atoms. The molecule has 2 heterocycles. The molecule has 2 unspecified atom stereocenters. The third kappa shape index (κ3) is 1.99. The predicted molar refractivity (Wildman–Crippen MR) is 69.4 cm³/mol. The molecule has 0 bridgehead atoms. The third-order valence-electron chi connectivity index (χ3n) is 3.38. The van der Waals surface area contributed by atoms with Crippen LogP contribution in [0.3, 0.4) is 0 Å². The van der Waals surface area contributed by atoms with Gasteiger partial charge in [0.05, 0.1) is 12.2 Å². The Morgan fingerprint density at radius 2 is 2.28 bits per heavy atom. The Kier molecular flexibility index (Phi) is 2.80. The summed E-state index contributed by atoms with van der Waals surface area (Å²) in [5.74, 6) is 0.994. The van der Waals surface area contributed by atoms with E-state index >= 15 is 0 Å². The maximum absolute atomic E-state index is 5.67. The van der Waals surface area contributed by atoms with Gasteiger partial charge in [-0.1, -0.05) is 18.2 Å². The van der Waals surface area contributed by atoms with E-state index in [1.165, 1.54) is 11.1 Å². The summed E-state index contributed by atoms with van der Waals surface area (Å²) in [6.45, 7) is 2.85. The lowest BCUT2D eigenvalue weighted by atomic mass is 10.1. The number of benzene rings is 1. The molecule has 94 valence electrons. The summed E-state index contributed by atoms with van der Waals surface area (Å²) in [4.78, 5) is 0. The van der Waals surface area contributed by atoms with Gasteiger partial charge in [0.25, 0.3) is 0 Å². The second kappa shape index (κ2) is 4.46. The minimum Gasteiger partial charge on any atom is -0.491 e. The molecule has 1 aromatic heterocycles. The Hall–Kier alpha value is -1.81. The van der Waals surface area contributed by atoms with Crippen molar-refractivity contribution in [2.75, 3.05) is 6.61 Å². The van der Waals surface area contributed by atoms with Crippen molar-refractivity contribution in [2.24, 2.45) is 7.05 Å². The average molecular weight is 243 g/mol. The molecule has 0 fully saturated rings. The van der Waals surface area contributed by atoms with Gasteiger partial charge in [0.15, 0.2) is 0 Å². The molecule has 18 heavy (non-hydrogen) atoms. The highest BCUT2D eigenvalue weighted by molar-refractivity contribution is 5.39. The molecule has 0 saturated carbocycles. The number of rotatable bonds is 3. The summed E-state index contributed by atoms with van der Waals surface area (Å²) in [6.07, 6.45) is 3.94. The molecular formula is C14H17N3O. The molecule has 4 heteroatoms. The molecule has 4 nitrogen and oxygen atoms in total. The standard InChI is InChI=1S/C14H17N3O/c1-10(11-7-15-17(2)8-11)16-13-9-18-14-6-4-3-5-12(13)14/h3-8,10,13,16H,9H2,1-2H3. The van der Waals surface area contributed by atoms with E-state index < -0.39 is 0 Å². The number of nitrogens with one attached hydrogen (secondary N) is 1. The fourth-order valence-corrected chi connectivity index (χ4v) is 2.36. The van der Waals surface area contributed by atoms with E-state index in [0.29, 0.717) is 6.61 Å². The zero-order valence-electron chi connectivity index (χ0n) is 10.6. The molecule has 1 aliphatic rings. The summed E-state index contributed by atoms with van der Waals surface area (Å²) in [7, 11) is 1.93. The van der Waals surface area contributed by atoms with E-state index in [-0.39, 0.29) is 12.1 Å². The number of aromatic nitrogens is 2. The Labute approximate surface area is 107 Å². The SMILES string of the molecule is CC(NC1COc2ccccc21)c1cnn(C)c1. The highest BCUT2D eigenvalue weighted by Gasteiger charge is 2.25. The minimum absolute atomic E-state index is 0.261. The molecule has 0 saturated heterocycles. The first-order chi connectivity index (χ1) is 8.74. The molecule has 0 amide bonds. The maximum Gasteiger partial charge on any atom is 0.124 e. The molecule has 2 aromatic rings. The van der Waals surface area contributed by atoms with Gasteiger partial charge in [-0.3, -0.25) is 4.68 Å². The van der Waals surface area contributed by atoms with Crippen molar-refractivity contribution in [1.29, 1.82) is 0 Å². The smallest absolute Gasteiger partial charge is 0.124 e. The molecule has 1 aliphatic heterocycles. The van der Waals surface area contributed by atoms with Gasteiger partial charge in [-0.05, 0) is 13.0 Å². The molecule has 3 rings (SSSR count). The molecule has 1 aromatic carbocycles. The molecular weight excluding hydrogens is 226 g/mol. The second-order valence-electron chi connectivity index (χ2n) is 4.74. The van der Waals surface area contributed by atoms with Gasteiger partial charge in [0, 0.05) is 30.4 Å². The van der Waals surface area contributed by atoms with Crippen LogP contribution in [0.1, 0.15) is 30.1 Å². The number of ether oxygens (including phenoxy) is 1. The van der Waals surface area contributed by atoms with Gasteiger partial charge in [-0.25, -0.2) is 0 Å². The summed E-state index contributed by atoms with van der Waals surface area (Å²) in [5, 5.41) is 7.79. The van der Waals surface area contributed by atoms with E-state index in [4.69, 9.17) is 4.74 Å². The van der Waals surface area contributed by atoms with Crippen LogP contribution in [0.2, 0.25) is 0 Å². The Balaban J connectivity index is 1.75. The second-order valence-corrected chi connectivity index (χ2v) is 4.74. The lowest BCUT2D eigenvalue weighted by Crippen LogP contribution is -2.25. The van der Waals surface area contributed by atoms with Gasteiger partial charge in [-0.15, -0.1) is 0 Å². The van der Waals surface area contributed by atoms with E-state index in [1.807, 2.05) is 36.3 Å². The summed E-state index contributed by atoms with van der Waals surface area (Å²) < 4.78 is 7.50. The fourth-order valence-electron chi connectivity index (χ4n) is 2.36. The Morgan fingerprint density at radius 3 is 3.06 bits per heavy atom. The van der Waals surface area contributed by atoms with Gasteiger partial charge < -0.3 is 10.1 Å². The largest absolute Gasteiger partial charge is 0.491 e. The number of para-hydroxylation sites is 1. The molecule has 2 atom stereocenters. The third-order valence-corrected chi connectivity index (χ3v) is 3.38. The van der Waals surface area contributed by atoms with Crippen LogP contribution >= 0.6 is 0 Å². The van der Waals surface area contributed by atoms with Crippen LogP contribution in [0.15, 0.2) is 36.7 Å². The number of hydrogen-bond donors (Lipinski definition) is 1. The van der Waals surface area contributed by atoms with Crippen molar-refractivity contribution in [3.8, 4) is 5.75 Å². The number of nitrogens with zero attached hydrogens (tertiary/aromatic N) is 2. The summed E-state index contributed by atoms with van der Waals surface area (Å²) in [5.41, 5.74) is 2.44. The first kappa shape index (κ1) is 11.3.